The number of halogens is 1. The van der Waals surface area contributed by atoms with Gasteiger partial charge in [0.15, 0.2) is 0 Å². The van der Waals surface area contributed by atoms with E-state index >= 15 is 0 Å². The highest BCUT2D eigenvalue weighted by Gasteiger charge is 2.23. The monoisotopic (exact) mass is 355 g/mol. The molecular formula is C17H30BrN3. The predicted octanol–water partition coefficient (Wildman–Crippen LogP) is 4.46. The first-order valence-electron chi connectivity index (χ1n) is 8.60. The Balaban J connectivity index is 2.03. The van der Waals surface area contributed by atoms with E-state index in [1.807, 2.05) is 0 Å². The van der Waals surface area contributed by atoms with Crippen LogP contribution in [0.3, 0.4) is 0 Å². The fourth-order valence-corrected chi connectivity index (χ4v) is 3.96. The number of nitrogens with zero attached hydrogens (tertiary/aromatic N) is 2. The summed E-state index contributed by atoms with van der Waals surface area (Å²) in [5.41, 5.74) is 2.53. The molecule has 1 saturated carbocycles. The van der Waals surface area contributed by atoms with Crippen LogP contribution in [0.4, 0.5) is 0 Å². The number of hydrogen-bond donors (Lipinski definition) is 1. The Kier molecular flexibility index (Phi) is 6.74. The van der Waals surface area contributed by atoms with Crippen molar-refractivity contribution in [1.82, 2.24) is 15.1 Å². The van der Waals surface area contributed by atoms with Crippen LogP contribution < -0.4 is 5.32 Å². The molecule has 2 atom stereocenters. The predicted molar refractivity (Wildman–Crippen MR) is 92.7 cm³/mol. The van der Waals surface area contributed by atoms with E-state index in [0.29, 0.717) is 0 Å². The summed E-state index contributed by atoms with van der Waals surface area (Å²) in [6, 6.07) is 0.718. The van der Waals surface area contributed by atoms with Crippen LogP contribution in [0.25, 0.3) is 0 Å². The number of aromatic nitrogens is 2. The number of rotatable bonds is 6. The van der Waals surface area contributed by atoms with E-state index in [0.717, 1.165) is 30.7 Å². The fraction of sp³-hybridized carbons (Fsp3) is 0.824. The molecule has 120 valence electrons. The summed E-state index contributed by atoms with van der Waals surface area (Å²) in [5, 5.41) is 8.38. The summed E-state index contributed by atoms with van der Waals surface area (Å²) < 4.78 is 3.41. The van der Waals surface area contributed by atoms with E-state index in [4.69, 9.17) is 0 Å². The zero-order valence-corrected chi connectivity index (χ0v) is 15.4. The molecule has 1 fully saturated rings. The van der Waals surface area contributed by atoms with Gasteiger partial charge in [0.2, 0.25) is 0 Å². The number of aryl methyl sites for hydroxylation is 2. The molecule has 0 aromatic carbocycles. The number of hydrogen-bond acceptors (Lipinski definition) is 2. The lowest BCUT2D eigenvalue weighted by Crippen LogP contribution is -2.31. The van der Waals surface area contributed by atoms with E-state index in [-0.39, 0.29) is 0 Å². The third-order valence-electron chi connectivity index (χ3n) is 4.65. The maximum atomic E-state index is 4.64. The Morgan fingerprint density at radius 2 is 2.05 bits per heavy atom. The highest BCUT2D eigenvalue weighted by atomic mass is 79.9. The van der Waals surface area contributed by atoms with Crippen molar-refractivity contribution in [2.24, 2.45) is 5.92 Å². The van der Waals surface area contributed by atoms with E-state index in [1.54, 1.807) is 0 Å². The summed E-state index contributed by atoms with van der Waals surface area (Å²) >= 11 is 3.75. The summed E-state index contributed by atoms with van der Waals surface area (Å²) in [6.07, 6.45) is 9.19. The molecule has 0 radical (unpaired) electrons. The SMILES string of the molecule is CCCNC1CCCCC(Cc2c(Br)c(C)nn2CC)C1. The fourth-order valence-electron chi connectivity index (χ4n) is 3.52. The molecule has 21 heavy (non-hydrogen) atoms. The van der Waals surface area contributed by atoms with E-state index in [1.165, 1.54) is 55.1 Å². The summed E-state index contributed by atoms with van der Waals surface area (Å²) in [4.78, 5) is 0. The lowest BCUT2D eigenvalue weighted by Gasteiger charge is -2.21. The normalized spacial score (nSPS) is 23.2. The second-order valence-corrected chi connectivity index (χ2v) is 7.20. The lowest BCUT2D eigenvalue weighted by atomic mass is 9.93. The molecule has 1 aliphatic rings. The second kappa shape index (κ2) is 8.33. The van der Waals surface area contributed by atoms with Gasteiger partial charge in [0.05, 0.1) is 15.9 Å². The van der Waals surface area contributed by atoms with Crippen LogP contribution >= 0.6 is 15.9 Å². The van der Waals surface area contributed by atoms with Crippen LogP contribution in [0, 0.1) is 12.8 Å². The zero-order valence-electron chi connectivity index (χ0n) is 13.8. The Labute approximate surface area is 138 Å². The minimum absolute atomic E-state index is 0.718. The van der Waals surface area contributed by atoms with Crippen LogP contribution in [0.1, 0.15) is 63.8 Å². The van der Waals surface area contributed by atoms with Gasteiger partial charge in [-0.2, -0.15) is 5.10 Å². The van der Waals surface area contributed by atoms with Gasteiger partial charge in [0.1, 0.15) is 0 Å². The third kappa shape index (κ3) is 4.56. The Hall–Kier alpha value is -0.350. The van der Waals surface area contributed by atoms with E-state index in [2.05, 4.69) is 51.8 Å². The van der Waals surface area contributed by atoms with Gasteiger partial charge < -0.3 is 5.32 Å². The topological polar surface area (TPSA) is 29.9 Å². The maximum Gasteiger partial charge on any atom is 0.0738 e. The van der Waals surface area contributed by atoms with Gasteiger partial charge in [-0.05, 0) is 67.9 Å². The zero-order chi connectivity index (χ0) is 15.2. The Morgan fingerprint density at radius 1 is 1.29 bits per heavy atom. The van der Waals surface area contributed by atoms with Crippen LogP contribution in [0.2, 0.25) is 0 Å². The van der Waals surface area contributed by atoms with Gasteiger partial charge >= 0.3 is 0 Å². The van der Waals surface area contributed by atoms with Crippen molar-refractivity contribution >= 4 is 15.9 Å². The van der Waals surface area contributed by atoms with Crippen molar-refractivity contribution < 1.29 is 0 Å². The molecular weight excluding hydrogens is 326 g/mol. The quantitative estimate of drug-likeness (QED) is 0.763. The van der Waals surface area contributed by atoms with Gasteiger partial charge in [-0.1, -0.05) is 26.2 Å². The Morgan fingerprint density at radius 3 is 2.76 bits per heavy atom. The first kappa shape index (κ1) is 17.0. The molecule has 0 spiro atoms. The summed E-state index contributed by atoms with van der Waals surface area (Å²) in [5.74, 6) is 0.791. The molecule has 1 aromatic rings. The van der Waals surface area contributed by atoms with Crippen molar-refractivity contribution in [3.63, 3.8) is 0 Å². The van der Waals surface area contributed by atoms with Crippen molar-refractivity contribution in [3.8, 4) is 0 Å². The van der Waals surface area contributed by atoms with Crippen molar-refractivity contribution in [2.75, 3.05) is 6.54 Å². The molecule has 4 heteroatoms. The average Bonchev–Trinajstić information content (AvgIpc) is 2.67. The first-order valence-corrected chi connectivity index (χ1v) is 9.40. The van der Waals surface area contributed by atoms with Gasteiger partial charge in [-0.3, -0.25) is 4.68 Å². The summed E-state index contributed by atoms with van der Waals surface area (Å²) in [7, 11) is 0. The van der Waals surface area contributed by atoms with Crippen molar-refractivity contribution in [3.05, 3.63) is 15.9 Å². The minimum Gasteiger partial charge on any atom is -0.314 e. The molecule has 2 rings (SSSR count). The van der Waals surface area contributed by atoms with Crippen LogP contribution in [-0.4, -0.2) is 22.4 Å². The van der Waals surface area contributed by atoms with Gasteiger partial charge in [-0.25, -0.2) is 0 Å². The average molecular weight is 356 g/mol. The van der Waals surface area contributed by atoms with Gasteiger partial charge in [-0.15, -0.1) is 0 Å². The molecule has 1 N–H and O–H groups in total. The molecule has 1 heterocycles. The molecule has 2 unspecified atom stereocenters. The molecule has 1 aromatic heterocycles. The highest BCUT2D eigenvalue weighted by molar-refractivity contribution is 9.10. The van der Waals surface area contributed by atoms with Gasteiger partial charge in [0.25, 0.3) is 0 Å². The molecule has 0 amide bonds. The van der Waals surface area contributed by atoms with Crippen LogP contribution in [-0.2, 0) is 13.0 Å². The smallest absolute Gasteiger partial charge is 0.0738 e. The number of nitrogens with one attached hydrogen (secondary N) is 1. The molecule has 0 bridgehead atoms. The largest absolute Gasteiger partial charge is 0.314 e. The standard InChI is InChI=1S/C17H30BrN3/c1-4-10-19-15-9-7-6-8-14(11-15)12-16-17(18)13(3)20-21(16)5-2/h14-15,19H,4-12H2,1-3H3. The minimum atomic E-state index is 0.718. The molecule has 0 saturated heterocycles. The van der Waals surface area contributed by atoms with Crippen LogP contribution in [0.5, 0.6) is 0 Å². The molecule has 0 aliphatic heterocycles. The van der Waals surface area contributed by atoms with Crippen molar-refractivity contribution in [2.45, 2.75) is 78.3 Å². The highest BCUT2D eigenvalue weighted by Crippen LogP contribution is 2.30. The second-order valence-electron chi connectivity index (χ2n) is 6.40. The maximum absolute atomic E-state index is 4.64. The van der Waals surface area contributed by atoms with E-state index in [9.17, 15) is 0 Å². The summed E-state index contributed by atoms with van der Waals surface area (Å²) in [6.45, 7) is 8.65. The first-order chi connectivity index (χ1) is 10.2. The van der Waals surface area contributed by atoms with Gasteiger partial charge in [0, 0.05) is 12.6 Å². The lowest BCUT2D eigenvalue weighted by molar-refractivity contribution is 0.376. The Bertz CT molecular complexity index is 441. The van der Waals surface area contributed by atoms with E-state index < -0.39 is 0 Å². The van der Waals surface area contributed by atoms with Crippen LogP contribution in [0.15, 0.2) is 4.47 Å². The molecule has 3 nitrogen and oxygen atoms in total. The molecule has 1 aliphatic carbocycles. The third-order valence-corrected chi connectivity index (χ3v) is 5.68. The van der Waals surface area contributed by atoms with Crippen molar-refractivity contribution in [1.29, 1.82) is 0 Å².